The van der Waals surface area contributed by atoms with E-state index in [0.717, 1.165) is 24.0 Å². The van der Waals surface area contributed by atoms with Crippen LogP contribution in [0, 0.1) is 5.92 Å². The maximum atomic E-state index is 11.4. The van der Waals surface area contributed by atoms with Crippen LogP contribution in [0.25, 0.3) is 0 Å². The number of benzene rings is 1. The highest BCUT2D eigenvalue weighted by molar-refractivity contribution is 9.10. The summed E-state index contributed by atoms with van der Waals surface area (Å²) in [5, 5.41) is 14.1. The molecule has 6 heteroatoms. The van der Waals surface area contributed by atoms with Gasteiger partial charge in [-0.1, -0.05) is 15.9 Å². The lowest BCUT2D eigenvalue weighted by molar-refractivity contribution is 0.233. The monoisotopic (exact) mass is 341 g/mol. The number of hydrogen-bond donors (Lipinski definition) is 3. The molecular formula is C14H20BrN3O2. The van der Waals surface area contributed by atoms with Gasteiger partial charge in [0.1, 0.15) is 0 Å². The molecule has 0 saturated carbocycles. The van der Waals surface area contributed by atoms with Gasteiger partial charge in [-0.25, -0.2) is 4.79 Å². The van der Waals surface area contributed by atoms with Gasteiger partial charge in [-0.2, -0.15) is 0 Å². The van der Waals surface area contributed by atoms with E-state index < -0.39 is 0 Å². The number of carbonyl (C=O) groups is 1. The standard InChI is InChI=1S/C14H20BrN3O2/c15-12-1-3-13(4-2-12)18-7-5-11(10-18)9-17-14(20)16-6-8-19/h1-4,11,19H,5-10H2,(H2,16,17,20). The first-order valence-electron chi connectivity index (χ1n) is 6.82. The number of aliphatic hydroxyl groups is 1. The van der Waals surface area contributed by atoms with E-state index in [1.54, 1.807) is 0 Å². The first-order valence-corrected chi connectivity index (χ1v) is 7.61. The Balaban J connectivity index is 1.75. The summed E-state index contributed by atoms with van der Waals surface area (Å²) in [6.45, 7) is 2.91. The number of nitrogens with one attached hydrogen (secondary N) is 2. The molecule has 1 aliphatic heterocycles. The molecule has 2 rings (SSSR count). The molecule has 110 valence electrons. The highest BCUT2D eigenvalue weighted by Crippen LogP contribution is 2.24. The molecule has 1 atom stereocenters. The second kappa shape index (κ2) is 7.50. The van der Waals surface area contributed by atoms with Crippen molar-refractivity contribution < 1.29 is 9.90 Å². The van der Waals surface area contributed by atoms with Gasteiger partial charge in [0.2, 0.25) is 0 Å². The third-order valence-corrected chi connectivity index (χ3v) is 3.95. The van der Waals surface area contributed by atoms with Crippen LogP contribution in [0.4, 0.5) is 10.5 Å². The SMILES string of the molecule is O=C(NCCO)NCC1CCN(c2ccc(Br)cc2)C1. The first-order chi connectivity index (χ1) is 9.69. The number of rotatable bonds is 5. The predicted octanol–water partition coefficient (Wildman–Crippen LogP) is 1.57. The second-order valence-corrected chi connectivity index (χ2v) is 5.85. The summed E-state index contributed by atoms with van der Waals surface area (Å²) in [6.07, 6.45) is 1.08. The maximum absolute atomic E-state index is 11.4. The third kappa shape index (κ3) is 4.38. The van der Waals surface area contributed by atoms with Gasteiger partial charge in [0.15, 0.2) is 0 Å². The lowest BCUT2D eigenvalue weighted by Crippen LogP contribution is -2.39. The predicted molar refractivity (Wildman–Crippen MR) is 82.9 cm³/mol. The number of urea groups is 1. The molecule has 0 bridgehead atoms. The van der Waals surface area contributed by atoms with Crippen LogP contribution in [0.3, 0.4) is 0 Å². The number of amides is 2. The molecule has 1 aromatic rings. The molecule has 3 N–H and O–H groups in total. The van der Waals surface area contributed by atoms with Crippen molar-refractivity contribution in [3.05, 3.63) is 28.7 Å². The lowest BCUT2D eigenvalue weighted by atomic mass is 10.1. The van der Waals surface area contributed by atoms with Crippen LogP contribution in [-0.4, -0.2) is 43.9 Å². The molecule has 5 nitrogen and oxygen atoms in total. The average Bonchev–Trinajstić information content (AvgIpc) is 2.92. The van der Waals surface area contributed by atoms with Gasteiger partial charge in [-0.05, 0) is 36.6 Å². The Kier molecular flexibility index (Phi) is 5.67. The highest BCUT2D eigenvalue weighted by atomic mass is 79.9. The van der Waals surface area contributed by atoms with E-state index in [0.29, 0.717) is 19.0 Å². The largest absolute Gasteiger partial charge is 0.395 e. The summed E-state index contributed by atoms with van der Waals surface area (Å²) in [5.74, 6) is 0.471. The third-order valence-electron chi connectivity index (χ3n) is 3.43. The number of hydrogen-bond acceptors (Lipinski definition) is 3. The fourth-order valence-electron chi connectivity index (χ4n) is 2.35. The zero-order valence-corrected chi connectivity index (χ0v) is 12.9. The van der Waals surface area contributed by atoms with Gasteiger partial charge in [0.25, 0.3) is 0 Å². The van der Waals surface area contributed by atoms with E-state index in [2.05, 4.69) is 43.6 Å². The van der Waals surface area contributed by atoms with Crippen molar-refractivity contribution in [3.63, 3.8) is 0 Å². The second-order valence-electron chi connectivity index (χ2n) is 4.94. The lowest BCUT2D eigenvalue weighted by Gasteiger charge is -2.19. The van der Waals surface area contributed by atoms with E-state index in [4.69, 9.17) is 5.11 Å². The summed E-state index contributed by atoms with van der Waals surface area (Å²) in [7, 11) is 0. The Morgan fingerprint density at radius 2 is 2.10 bits per heavy atom. The summed E-state index contributed by atoms with van der Waals surface area (Å²) >= 11 is 3.44. The van der Waals surface area contributed by atoms with Gasteiger partial charge >= 0.3 is 6.03 Å². The van der Waals surface area contributed by atoms with Gasteiger partial charge in [-0.15, -0.1) is 0 Å². The van der Waals surface area contributed by atoms with Crippen molar-refractivity contribution in [2.24, 2.45) is 5.92 Å². The van der Waals surface area contributed by atoms with Gasteiger partial charge in [0, 0.05) is 36.3 Å². The van der Waals surface area contributed by atoms with E-state index in [9.17, 15) is 4.79 Å². The summed E-state index contributed by atoms with van der Waals surface area (Å²) in [5.41, 5.74) is 1.22. The number of nitrogens with zero attached hydrogens (tertiary/aromatic N) is 1. The molecule has 0 radical (unpaired) electrons. The molecular weight excluding hydrogens is 322 g/mol. The fraction of sp³-hybridized carbons (Fsp3) is 0.500. The quantitative estimate of drug-likeness (QED) is 0.761. The van der Waals surface area contributed by atoms with Crippen molar-refractivity contribution in [3.8, 4) is 0 Å². The van der Waals surface area contributed by atoms with Crippen LogP contribution in [-0.2, 0) is 0 Å². The minimum absolute atomic E-state index is 0.0335. The van der Waals surface area contributed by atoms with E-state index in [1.165, 1.54) is 5.69 Å². The molecule has 0 aliphatic carbocycles. The topological polar surface area (TPSA) is 64.6 Å². The van der Waals surface area contributed by atoms with Gasteiger partial charge < -0.3 is 20.6 Å². The van der Waals surface area contributed by atoms with Crippen molar-refractivity contribution in [2.45, 2.75) is 6.42 Å². The Hall–Kier alpha value is -1.27. The van der Waals surface area contributed by atoms with Crippen LogP contribution < -0.4 is 15.5 Å². The van der Waals surface area contributed by atoms with Crippen LogP contribution in [0.5, 0.6) is 0 Å². The van der Waals surface area contributed by atoms with Crippen LogP contribution in [0.15, 0.2) is 28.7 Å². The van der Waals surface area contributed by atoms with Crippen LogP contribution in [0.1, 0.15) is 6.42 Å². The molecule has 2 amide bonds. The maximum Gasteiger partial charge on any atom is 0.314 e. The Labute approximate surface area is 127 Å². The molecule has 1 saturated heterocycles. The fourth-order valence-corrected chi connectivity index (χ4v) is 2.62. The van der Waals surface area contributed by atoms with Crippen molar-refractivity contribution >= 4 is 27.6 Å². The van der Waals surface area contributed by atoms with Crippen molar-refractivity contribution in [2.75, 3.05) is 37.7 Å². The molecule has 1 unspecified atom stereocenters. The Bertz CT molecular complexity index is 439. The van der Waals surface area contributed by atoms with Crippen molar-refractivity contribution in [1.82, 2.24) is 10.6 Å². The average molecular weight is 342 g/mol. The molecule has 0 spiro atoms. The number of carbonyl (C=O) groups excluding carboxylic acids is 1. The summed E-state index contributed by atoms with van der Waals surface area (Å²) in [4.78, 5) is 13.7. The summed E-state index contributed by atoms with van der Waals surface area (Å²) in [6, 6.07) is 8.09. The minimum Gasteiger partial charge on any atom is -0.395 e. The smallest absolute Gasteiger partial charge is 0.314 e. The highest BCUT2D eigenvalue weighted by Gasteiger charge is 2.22. The number of aliphatic hydroxyl groups excluding tert-OH is 1. The zero-order chi connectivity index (χ0) is 14.4. The molecule has 1 fully saturated rings. The van der Waals surface area contributed by atoms with Gasteiger partial charge in [-0.3, -0.25) is 0 Å². The summed E-state index contributed by atoms with van der Waals surface area (Å²) < 4.78 is 1.08. The Morgan fingerprint density at radius 3 is 2.80 bits per heavy atom. The first kappa shape index (κ1) is 15.1. The zero-order valence-electron chi connectivity index (χ0n) is 11.3. The minimum atomic E-state index is -0.207. The van der Waals surface area contributed by atoms with E-state index in [-0.39, 0.29) is 12.6 Å². The number of anilines is 1. The molecule has 0 aromatic heterocycles. The normalized spacial score (nSPS) is 18.1. The molecule has 1 heterocycles. The van der Waals surface area contributed by atoms with Gasteiger partial charge in [0.05, 0.1) is 6.61 Å². The van der Waals surface area contributed by atoms with Crippen LogP contribution in [0.2, 0.25) is 0 Å². The molecule has 1 aliphatic rings. The van der Waals surface area contributed by atoms with E-state index >= 15 is 0 Å². The van der Waals surface area contributed by atoms with E-state index in [1.807, 2.05) is 12.1 Å². The Morgan fingerprint density at radius 1 is 1.35 bits per heavy atom. The van der Waals surface area contributed by atoms with Crippen LogP contribution >= 0.6 is 15.9 Å². The molecule has 1 aromatic carbocycles. The number of halogens is 1. The van der Waals surface area contributed by atoms with Crippen molar-refractivity contribution in [1.29, 1.82) is 0 Å². The molecule has 20 heavy (non-hydrogen) atoms.